The van der Waals surface area contributed by atoms with Crippen LogP contribution in [0, 0.1) is 5.92 Å². The van der Waals surface area contributed by atoms with Crippen LogP contribution in [0.4, 0.5) is 0 Å². The van der Waals surface area contributed by atoms with Gasteiger partial charge in [0.15, 0.2) is 0 Å². The van der Waals surface area contributed by atoms with Crippen molar-refractivity contribution in [2.45, 2.75) is 25.3 Å². The second-order valence-electron chi connectivity index (χ2n) is 2.60. The summed E-state index contributed by atoms with van der Waals surface area (Å²) >= 11 is 0. The summed E-state index contributed by atoms with van der Waals surface area (Å²) in [5.74, 6) is -0.287. The lowest BCUT2D eigenvalue weighted by Gasteiger charge is -2.08. The largest absolute Gasteiger partial charge is 0.369 e. The van der Waals surface area contributed by atoms with E-state index in [1.807, 2.05) is 0 Å². The van der Waals surface area contributed by atoms with Crippen LogP contribution in [0.25, 0.3) is 0 Å². The molecule has 0 heterocycles. The summed E-state index contributed by atoms with van der Waals surface area (Å²) in [5.41, 5.74) is 10.6. The molecule has 1 aliphatic carbocycles. The van der Waals surface area contributed by atoms with Crippen molar-refractivity contribution < 1.29 is 4.79 Å². The minimum Gasteiger partial charge on any atom is -0.369 e. The third-order valence-electron chi connectivity index (χ3n) is 1.93. The maximum absolute atomic E-state index is 10.6. The van der Waals surface area contributed by atoms with Gasteiger partial charge < -0.3 is 11.5 Å². The summed E-state index contributed by atoms with van der Waals surface area (Å²) in [6.45, 7) is 0. The molecule has 0 radical (unpaired) electrons. The van der Waals surface area contributed by atoms with Gasteiger partial charge in [0, 0.05) is 6.04 Å². The van der Waals surface area contributed by atoms with Crippen molar-refractivity contribution in [3.8, 4) is 0 Å². The van der Waals surface area contributed by atoms with E-state index in [9.17, 15) is 4.79 Å². The molecule has 2 atom stereocenters. The summed E-state index contributed by atoms with van der Waals surface area (Å²) in [5, 5.41) is 0. The average molecular weight is 128 g/mol. The first-order chi connectivity index (χ1) is 4.22. The fourth-order valence-electron chi connectivity index (χ4n) is 1.34. The van der Waals surface area contributed by atoms with Crippen LogP contribution in [0.1, 0.15) is 19.3 Å². The number of nitrogens with two attached hydrogens (primary N) is 2. The van der Waals surface area contributed by atoms with Gasteiger partial charge in [-0.15, -0.1) is 0 Å². The van der Waals surface area contributed by atoms with E-state index in [0.717, 1.165) is 19.3 Å². The van der Waals surface area contributed by atoms with Crippen molar-refractivity contribution in [1.29, 1.82) is 0 Å². The summed E-state index contributed by atoms with van der Waals surface area (Å²) in [4.78, 5) is 10.6. The van der Waals surface area contributed by atoms with Gasteiger partial charge in [-0.3, -0.25) is 4.79 Å². The van der Waals surface area contributed by atoms with Gasteiger partial charge in [-0.25, -0.2) is 0 Å². The van der Waals surface area contributed by atoms with E-state index in [-0.39, 0.29) is 17.9 Å². The predicted octanol–water partition coefficient (Wildman–Crippen LogP) is -0.401. The average Bonchev–Trinajstić information content (AvgIpc) is 2.13. The van der Waals surface area contributed by atoms with Gasteiger partial charge >= 0.3 is 0 Å². The number of carbonyl (C=O) groups excluding carboxylic acids is 1. The Hall–Kier alpha value is -0.570. The Kier molecular flexibility index (Phi) is 1.71. The van der Waals surface area contributed by atoms with E-state index < -0.39 is 0 Å². The Morgan fingerprint density at radius 3 is 2.33 bits per heavy atom. The molecule has 9 heavy (non-hydrogen) atoms. The molecular formula is C6H12N2O. The number of carbonyl (C=O) groups is 1. The molecule has 1 amide bonds. The lowest BCUT2D eigenvalue weighted by Crippen LogP contribution is -2.34. The zero-order valence-corrected chi connectivity index (χ0v) is 5.34. The zero-order valence-electron chi connectivity index (χ0n) is 5.34. The molecule has 1 saturated carbocycles. The smallest absolute Gasteiger partial charge is 0.222 e. The standard InChI is InChI=1S/C6H12N2O/c7-5-3-1-2-4(5)6(8)9/h4-5H,1-3,7H2,(H2,8,9)/t4-,5?/m1/s1. The number of rotatable bonds is 1. The van der Waals surface area contributed by atoms with E-state index in [1.165, 1.54) is 0 Å². The minimum atomic E-state index is -0.236. The van der Waals surface area contributed by atoms with Gasteiger partial charge in [-0.1, -0.05) is 6.42 Å². The maximum atomic E-state index is 10.6. The Bertz CT molecular complexity index is 124. The van der Waals surface area contributed by atoms with Gasteiger partial charge in [0.25, 0.3) is 0 Å². The highest BCUT2D eigenvalue weighted by molar-refractivity contribution is 5.77. The first kappa shape index (κ1) is 6.55. The highest BCUT2D eigenvalue weighted by atomic mass is 16.1. The summed E-state index contributed by atoms with van der Waals surface area (Å²) in [7, 11) is 0. The van der Waals surface area contributed by atoms with Crippen LogP contribution < -0.4 is 11.5 Å². The fourth-order valence-corrected chi connectivity index (χ4v) is 1.34. The predicted molar refractivity (Wildman–Crippen MR) is 34.5 cm³/mol. The van der Waals surface area contributed by atoms with Crippen molar-refractivity contribution in [2.24, 2.45) is 17.4 Å². The molecule has 3 heteroatoms. The third-order valence-corrected chi connectivity index (χ3v) is 1.93. The van der Waals surface area contributed by atoms with Crippen LogP contribution >= 0.6 is 0 Å². The second-order valence-corrected chi connectivity index (χ2v) is 2.60. The Labute approximate surface area is 54.4 Å². The Morgan fingerprint density at radius 2 is 2.11 bits per heavy atom. The zero-order chi connectivity index (χ0) is 6.85. The number of hydrogen-bond donors (Lipinski definition) is 2. The highest BCUT2D eigenvalue weighted by Crippen LogP contribution is 2.22. The number of amides is 1. The van der Waals surface area contributed by atoms with Crippen LogP contribution in [-0.4, -0.2) is 11.9 Å². The molecule has 0 aliphatic heterocycles. The van der Waals surface area contributed by atoms with Crippen LogP contribution in [-0.2, 0) is 4.79 Å². The van der Waals surface area contributed by atoms with Crippen molar-refractivity contribution in [2.75, 3.05) is 0 Å². The van der Waals surface area contributed by atoms with Crippen molar-refractivity contribution in [1.82, 2.24) is 0 Å². The van der Waals surface area contributed by atoms with Gasteiger partial charge in [0.05, 0.1) is 5.92 Å². The normalized spacial score (nSPS) is 34.8. The lowest BCUT2D eigenvalue weighted by molar-refractivity contribution is -0.121. The molecule has 0 spiro atoms. The van der Waals surface area contributed by atoms with Gasteiger partial charge in [-0.2, -0.15) is 0 Å². The van der Waals surface area contributed by atoms with Crippen LogP contribution in [0.5, 0.6) is 0 Å². The lowest BCUT2D eigenvalue weighted by atomic mass is 10.0. The second kappa shape index (κ2) is 2.35. The van der Waals surface area contributed by atoms with Crippen molar-refractivity contribution >= 4 is 5.91 Å². The quantitative estimate of drug-likeness (QED) is 0.504. The molecule has 1 unspecified atom stereocenters. The van der Waals surface area contributed by atoms with Crippen molar-refractivity contribution in [3.05, 3.63) is 0 Å². The molecule has 3 nitrogen and oxygen atoms in total. The van der Waals surface area contributed by atoms with Crippen LogP contribution in [0.15, 0.2) is 0 Å². The molecule has 1 rings (SSSR count). The van der Waals surface area contributed by atoms with E-state index in [2.05, 4.69) is 0 Å². The molecule has 0 saturated heterocycles. The van der Waals surface area contributed by atoms with Gasteiger partial charge in [0.2, 0.25) is 5.91 Å². The van der Waals surface area contributed by atoms with E-state index in [0.29, 0.717) is 0 Å². The fraction of sp³-hybridized carbons (Fsp3) is 0.833. The molecule has 0 bridgehead atoms. The first-order valence-electron chi connectivity index (χ1n) is 3.26. The minimum absolute atomic E-state index is 0.0301. The molecular weight excluding hydrogens is 116 g/mol. The molecule has 0 aromatic rings. The molecule has 1 aliphatic rings. The Morgan fingerprint density at radius 1 is 1.44 bits per heavy atom. The number of hydrogen-bond acceptors (Lipinski definition) is 2. The molecule has 1 fully saturated rings. The van der Waals surface area contributed by atoms with Gasteiger partial charge in [-0.05, 0) is 12.8 Å². The summed E-state index contributed by atoms with van der Waals surface area (Å²) < 4.78 is 0. The van der Waals surface area contributed by atoms with E-state index >= 15 is 0 Å². The first-order valence-corrected chi connectivity index (χ1v) is 3.26. The monoisotopic (exact) mass is 128 g/mol. The molecule has 52 valence electrons. The molecule has 0 aromatic heterocycles. The molecule has 4 N–H and O–H groups in total. The van der Waals surface area contributed by atoms with Crippen LogP contribution in [0.2, 0.25) is 0 Å². The van der Waals surface area contributed by atoms with Gasteiger partial charge in [0.1, 0.15) is 0 Å². The summed E-state index contributed by atoms with van der Waals surface area (Å²) in [6, 6.07) is 0.0301. The number of primary amides is 1. The van der Waals surface area contributed by atoms with Crippen LogP contribution in [0.3, 0.4) is 0 Å². The highest BCUT2D eigenvalue weighted by Gasteiger charge is 2.27. The van der Waals surface area contributed by atoms with E-state index in [1.54, 1.807) is 0 Å². The SMILES string of the molecule is NC(=O)[C@@H]1CCCC1N. The Balaban J connectivity index is 2.49. The third kappa shape index (κ3) is 1.21. The molecule has 0 aromatic carbocycles. The maximum Gasteiger partial charge on any atom is 0.222 e. The summed E-state index contributed by atoms with van der Waals surface area (Å²) in [6.07, 6.45) is 2.89. The van der Waals surface area contributed by atoms with Crippen molar-refractivity contribution in [3.63, 3.8) is 0 Å². The van der Waals surface area contributed by atoms with E-state index in [4.69, 9.17) is 11.5 Å². The topological polar surface area (TPSA) is 69.1 Å².